The van der Waals surface area contributed by atoms with E-state index in [0.717, 1.165) is 34.3 Å². The number of nitrogens with one attached hydrogen (secondary N) is 2. The van der Waals surface area contributed by atoms with E-state index in [-0.39, 0.29) is 12.2 Å². The molecule has 3 aromatic rings. The Bertz CT molecular complexity index is 1110. The van der Waals surface area contributed by atoms with Crippen LogP contribution in [0.15, 0.2) is 36.4 Å². The monoisotopic (exact) mass is 395 g/mol. The summed E-state index contributed by atoms with van der Waals surface area (Å²) in [5.74, 6) is -1.43. The number of hydrogen-bond donors (Lipinski definition) is 3. The molecule has 1 aliphatic rings. The summed E-state index contributed by atoms with van der Waals surface area (Å²) < 4.78 is 42.1. The Morgan fingerprint density at radius 2 is 2.04 bits per heavy atom. The van der Waals surface area contributed by atoms with Crippen LogP contribution < -0.4 is 4.72 Å². The van der Waals surface area contributed by atoms with Crippen LogP contribution in [0.2, 0.25) is 5.02 Å². The molecule has 2 aromatic carbocycles. The highest BCUT2D eigenvalue weighted by Gasteiger charge is 2.29. The minimum Gasteiger partial charge on any atom is -0.505 e. The summed E-state index contributed by atoms with van der Waals surface area (Å²) in [5.41, 5.74) is 2.89. The van der Waals surface area contributed by atoms with Crippen LogP contribution in [0.25, 0.3) is 10.9 Å². The molecular formula is C17H15ClFN3O3S. The van der Waals surface area contributed by atoms with E-state index < -0.39 is 21.8 Å². The van der Waals surface area contributed by atoms with Crippen molar-refractivity contribution in [1.82, 2.24) is 9.29 Å². The van der Waals surface area contributed by atoms with Crippen molar-refractivity contribution in [2.45, 2.75) is 13.0 Å². The van der Waals surface area contributed by atoms with Gasteiger partial charge in [0, 0.05) is 34.2 Å². The van der Waals surface area contributed by atoms with Crippen molar-refractivity contribution in [2.24, 2.45) is 0 Å². The molecule has 26 heavy (non-hydrogen) atoms. The van der Waals surface area contributed by atoms with Crippen molar-refractivity contribution in [3.05, 3.63) is 58.5 Å². The Hall–Kier alpha value is -2.29. The van der Waals surface area contributed by atoms with Gasteiger partial charge in [-0.3, -0.25) is 4.72 Å². The first kappa shape index (κ1) is 17.1. The molecule has 2 heterocycles. The van der Waals surface area contributed by atoms with Gasteiger partial charge in [0.15, 0.2) is 11.6 Å². The van der Waals surface area contributed by atoms with Gasteiger partial charge in [0.1, 0.15) is 0 Å². The SMILES string of the molecule is O=S(=O)(Nc1ccc(F)c(O)c1)N1CCc2c([nH]c3ccc(Cl)cc23)C1. The quantitative estimate of drug-likeness (QED) is 0.635. The minimum atomic E-state index is -3.85. The average molecular weight is 396 g/mol. The Morgan fingerprint density at radius 1 is 1.23 bits per heavy atom. The van der Waals surface area contributed by atoms with Gasteiger partial charge in [-0.15, -0.1) is 0 Å². The number of benzene rings is 2. The smallest absolute Gasteiger partial charge is 0.302 e. The van der Waals surface area contributed by atoms with Crippen molar-refractivity contribution in [3.63, 3.8) is 0 Å². The van der Waals surface area contributed by atoms with E-state index in [9.17, 15) is 17.9 Å². The summed E-state index contributed by atoms with van der Waals surface area (Å²) >= 11 is 6.06. The number of fused-ring (bicyclic) bond motifs is 3. The topological polar surface area (TPSA) is 85.4 Å². The van der Waals surface area contributed by atoms with Crippen LogP contribution in [0, 0.1) is 5.82 Å². The molecule has 0 saturated heterocycles. The van der Waals surface area contributed by atoms with Gasteiger partial charge in [-0.25, -0.2) is 4.39 Å². The number of phenols is 1. The Morgan fingerprint density at radius 3 is 2.81 bits per heavy atom. The fourth-order valence-electron chi connectivity index (χ4n) is 3.18. The maximum atomic E-state index is 13.1. The van der Waals surface area contributed by atoms with Gasteiger partial charge < -0.3 is 10.1 Å². The van der Waals surface area contributed by atoms with Gasteiger partial charge in [0.25, 0.3) is 0 Å². The second-order valence-electron chi connectivity index (χ2n) is 6.13. The van der Waals surface area contributed by atoms with Crippen LogP contribution >= 0.6 is 11.6 Å². The number of halogens is 2. The number of H-pyrrole nitrogens is 1. The highest BCUT2D eigenvalue weighted by molar-refractivity contribution is 7.90. The van der Waals surface area contributed by atoms with E-state index >= 15 is 0 Å². The number of hydrogen-bond acceptors (Lipinski definition) is 3. The van der Waals surface area contributed by atoms with Crippen LogP contribution in [-0.2, 0) is 23.2 Å². The molecule has 3 N–H and O–H groups in total. The molecule has 1 aromatic heterocycles. The first-order valence-corrected chi connectivity index (χ1v) is 9.71. The molecule has 6 nitrogen and oxygen atoms in total. The number of aromatic nitrogens is 1. The number of phenolic OH excluding ortho intramolecular Hbond substituents is 1. The van der Waals surface area contributed by atoms with Crippen molar-refractivity contribution < 1.29 is 17.9 Å². The summed E-state index contributed by atoms with van der Waals surface area (Å²) in [7, 11) is -3.85. The number of anilines is 1. The third-order valence-corrected chi connectivity index (χ3v) is 6.16. The van der Waals surface area contributed by atoms with Gasteiger partial charge in [-0.2, -0.15) is 12.7 Å². The van der Waals surface area contributed by atoms with Crippen LogP contribution in [-0.4, -0.2) is 29.4 Å². The molecule has 0 aliphatic carbocycles. The van der Waals surface area contributed by atoms with Crippen molar-refractivity contribution >= 4 is 38.4 Å². The molecule has 0 radical (unpaired) electrons. The van der Waals surface area contributed by atoms with Crippen LogP contribution in [0.5, 0.6) is 5.75 Å². The number of aromatic hydroxyl groups is 1. The largest absolute Gasteiger partial charge is 0.505 e. The normalized spacial score (nSPS) is 15.2. The zero-order valence-electron chi connectivity index (χ0n) is 13.5. The van der Waals surface area contributed by atoms with Crippen molar-refractivity contribution in [1.29, 1.82) is 0 Å². The van der Waals surface area contributed by atoms with E-state index in [1.54, 1.807) is 6.07 Å². The Labute approximate surface area is 154 Å². The zero-order chi connectivity index (χ0) is 18.5. The second-order valence-corrected chi connectivity index (χ2v) is 8.24. The molecule has 0 unspecified atom stereocenters. The first-order chi connectivity index (χ1) is 12.3. The molecular weight excluding hydrogens is 381 g/mol. The molecule has 0 fully saturated rings. The molecule has 0 atom stereocenters. The van der Waals surface area contributed by atoms with Crippen LogP contribution in [0.4, 0.5) is 10.1 Å². The molecule has 0 amide bonds. The fraction of sp³-hybridized carbons (Fsp3) is 0.176. The first-order valence-electron chi connectivity index (χ1n) is 7.89. The summed E-state index contributed by atoms with van der Waals surface area (Å²) in [6.07, 6.45) is 0.547. The number of rotatable bonds is 3. The highest BCUT2D eigenvalue weighted by atomic mass is 35.5. The maximum Gasteiger partial charge on any atom is 0.302 e. The van der Waals surface area contributed by atoms with E-state index in [2.05, 4.69) is 9.71 Å². The fourth-order valence-corrected chi connectivity index (χ4v) is 4.54. The zero-order valence-corrected chi connectivity index (χ0v) is 15.0. The summed E-state index contributed by atoms with van der Waals surface area (Å²) in [4.78, 5) is 3.24. The predicted octanol–water partition coefficient (Wildman–Crippen LogP) is 3.38. The van der Waals surface area contributed by atoms with Crippen LogP contribution in [0.3, 0.4) is 0 Å². The molecule has 0 spiro atoms. The molecule has 0 saturated carbocycles. The Balaban J connectivity index is 1.61. The van der Waals surface area contributed by atoms with E-state index in [4.69, 9.17) is 11.6 Å². The van der Waals surface area contributed by atoms with Crippen molar-refractivity contribution in [3.8, 4) is 5.75 Å². The van der Waals surface area contributed by atoms with Gasteiger partial charge in [-0.05, 0) is 42.3 Å². The Kier molecular flexibility index (Phi) is 4.06. The lowest BCUT2D eigenvalue weighted by molar-refractivity contribution is 0.391. The predicted molar refractivity (Wildman–Crippen MR) is 98.0 cm³/mol. The average Bonchev–Trinajstić information content (AvgIpc) is 2.95. The summed E-state index contributed by atoms with van der Waals surface area (Å²) in [6, 6.07) is 8.82. The minimum absolute atomic E-state index is 0.0955. The third kappa shape index (κ3) is 3.00. The third-order valence-electron chi connectivity index (χ3n) is 4.44. The molecule has 9 heteroatoms. The van der Waals surface area contributed by atoms with Gasteiger partial charge >= 0.3 is 10.2 Å². The number of aromatic amines is 1. The van der Waals surface area contributed by atoms with Crippen LogP contribution in [0.1, 0.15) is 11.3 Å². The van der Waals surface area contributed by atoms with E-state index in [1.807, 2.05) is 12.1 Å². The lowest BCUT2D eigenvalue weighted by atomic mass is 10.0. The summed E-state index contributed by atoms with van der Waals surface area (Å²) in [6.45, 7) is 0.485. The standard InChI is InChI=1S/C17H15ClFN3O3S/c18-10-1-4-15-13(7-10)12-5-6-22(9-16(12)20-15)26(24,25)21-11-2-3-14(19)17(23)8-11/h1-4,7-8,20-21,23H,5-6,9H2. The summed E-state index contributed by atoms with van der Waals surface area (Å²) in [5, 5.41) is 11.0. The van der Waals surface area contributed by atoms with Gasteiger partial charge in [-0.1, -0.05) is 11.6 Å². The second kappa shape index (κ2) is 6.15. The molecule has 0 bridgehead atoms. The molecule has 136 valence electrons. The van der Waals surface area contributed by atoms with E-state index in [0.29, 0.717) is 18.0 Å². The number of nitrogens with zero attached hydrogens (tertiary/aromatic N) is 1. The highest BCUT2D eigenvalue weighted by Crippen LogP contribution is 2.31. The van der Waals surface area contributed by atoms with Gasteiger partial charge in [0.2, 0.25) is 0 Å². The molecule has 1 aliphatic heterocycles. The maximum absolute atomic E-state index is 13.1. The molecule has 4 rings (SSSR count). The lowest BCUT2D eigenvalue weighted by Gasteiger charge is -2.26. The van der Waals surface area contributed by atoms with Gasteiger partial charge in [0.05, 0.1) is 12.2 Å². The van der Waals surface area contributed by atoms with E-state index in [1.165, 1.54) is 10.4 Å². The lowest BCUT2D eigenvalue weighted by Crippen LogP contribution is -2.39. The van der Waals surface area contributed by atoms with Crippen molar-refractivity contribution in [2.75, 3.05) is 11.3 Å².